The fourth-order valence-corrected chi connectivity index (χ4v) is 2.17. The first-order chi connectivity index (χ1) is 7.77. The average Bonchev–Trinajstić information content (AvgIpc) is 3.11. The number of nitrogens with zero attached hydrogens (tertiary/aromatic N) is 1. The first-order valence-corrected chi connectivity index (χ1v) is 5.51. The van der Waals surface area contributed by atoms with E-state index in [1.807, 2.05) is 18.2 Å². The van der Waals surface area contributed by atoms with Crippen molar-refractivity contribution in [2.75, 3.05) is 0 Å². The maximum Gasteiger partial charge on any atom is 0.489 e. The van der Waals surface area contributed by atoms with Crippen LogP contribution in [0.3, 0.4) is 0 Å². The van der Waals surface area contributed by atoms with Crippen LogP contribution in [0.25, 0.3) is 10.9 Å². The first kappa shape index (κ1) is 9.81. The molecule has 2 N–H and O–H groups in total. The molecule has 16 heavy (non-hydrogen) atoms. The van der Waals surface area contributed by atoms with Gasteiger partial charge in [-0.3, -0.25) is 4.98 Å². The summed E-state index contributed by atoms with van der Waals surface area (Å²) in [5.41, 5.74) is 2.68. The summed E-state index contributed by atoms with van der Waals surface area (Å²) < 4.78 is 0. The Labute approximate surface area is 93.9 Å². The molecule has 1 aliphatic rings. The van der Waals surface area contributed by atoms with Gasteiger partial charge in [-0.1, -0.05) is 18.2 Å². The fraction of sp³-hybridized carbons (Fsp3) is 0.250. The molecule has 0 amide bonds. The van der Waals surface area contributed by atoms with E-state index in [9.17, 15) is 10.0 Å². The topological polar surface area (TPSA) is 53.4 Å². The van der Waals surface area contributed by atoms with Gasteiger partial charge in [0.05, 0.1) is 5.52 Å². The van der Waals surface area contributed by atoms with E-state index in [0.29, 0.717) is 11.4 Å². The molecule has 1 aromatic heterocycles. The minimum absolute atomic E-state index is 0.535. The second-order valence-corrected chi connectivity index (χ2v) is 4.29. The van der Waals surface area contributed by atoms with E-state index in [1.54, 1.807) is 12.3 Å². The van der Waals surface area contributed by atoms with Crippen LogP contribution < -0.4 is 5.46 Å². The van der Waals surface area contributed by atoms with Gasteiger partial charge in [-0.05, 0) is 35.9 Å². The normalized spacial score (nSPS) is 15.4. The van der Waals surface area contributed by atoms with Gasteiger partial charge in [-0.2, -0.15) is 0 Å². The second-order valence-electron chi connectivity index (χ2n) is 4.29. The summed E-state index contributed by atoms with van der Waals surface area (Å²) in [5, 5.41) is 19.4. The molecule has 0 atom stereocenters. The summed E-state index contributed by atoms with van der Waals surface area (Å²) in [6, 6.07) is 7.48. The van der Waals surface area contributed by atoms with Crippen LogP contribution in [0.1, 0.15) is 24.3 Å². The molecule has 0 unspecified atom stereocenters. The Kier molecular flexibility index (Phi) is 2.19. The van der Waals surface area contributed by atoms with Gasteiger partial charge in [0, 0.05) is 11.6 Å². The van der Waals surface area contributed by atoms with Gasteiger partial charge in [-0.25, -0.2) is 0 Å². The van der Waals surface area contributed by atoms with Gasteiger partial charge >= 0.3 is 7.12 Å². The van der Waals surface area contributed by atoms with Crippen molar-refractivity contribution in [3.63, 3.8) is 0 Å². The van der Waals surface area contributed by atoms with E-state index in [4.69, 9.17) is 0 Å². The SMILES string of the molecule is OB(O)c1ccc(C2CC2)c2ncccc12. The molecule has 1 aliphatic carbocycles. The van der Waals surface area contributed by atoms with Crippen LogP contribution in [0.5, 0.6) is 0 Å². The predicted molar refractivity (Wildman–Crippen MR) is 63.5 cm³/mol. The summed E-state index contributed by atoms with van der Waals surface area (Å²) in [6.07, 6.45) is 4.18. The summed E-state index contributed by atoms with van der Waals surface area (Å²) in [7, 11) is -1.43. The van der Waals surface area contributed by atoms with E-state index in [-0.39, 0.29) is 0 Å². The second kappa shape index (κ2) is 3.58. The largest absolute Gasteiger partial charge is 0.489 e. The maximum absolute atomic E-state index is 9.29. The number of fused-ring (bicyclic) bond motifs is 1. The van der Waals surface area contributed by atoms with E-state index >= 15 is 0 Å². The Morgan fingerprint density at radius 1 is 1.19 bits per heavy atom. The van der Waals surface area contributed by atoms with Crippen molar-refractivity contribution in [2.24, 2.45) is 0 Å². The van der Waals surface area contributed by atoms with E-state index < -0.39 is 7.12 Å². The Morgan fingerprint density at radius 3 is 2.69 bits per heavy atom. The number of pyridine rings is 1. The highest BCUT2D eigenvalue weighted by Crippen LogP contribution is 2.42. The van der Waals surface area contributed by atoms with Crippen LogP contribution in [-0.4, -0.2) is 22.2 Å². The fourth-order valence-electron chi connectivity index (χ4n) is 2.17. The molecule has 0 radical (unpaired) electrons. The Balaban J connectivity index is 2.29. The number of hydrogen-bond donors (Lipinski definition) is 2. The number of hydrogen-bond acceptors (Lipinski definition) is 3. The Morgan fingerprint density at radius 2 is 2.00 bits per heavy atom. The molecule has 2 aromatic rings. The lowest BCUT2D eigenvalue weighted by molar-refractivity contribution is 0.426. The lowest BCUT2D eigenvalue weighted by atomic mass is 9.77. The molecule has 3 rings (SSSR count). The van der Waals surface area contributed by atoms with Crippen molar-refractivity contribution in [1.82, 2.24) is 4.98 Å². The summed E-state index contributed by atoms with van der Waals surface area (Å²) in [5.74, 6) is 0.613. The average molecular weight is 213 g/mol. The highest BCUT2D eigenvalue weighted by molar-refractivity contribution is 6.61. The van der Waals surface area contributed by atoms with Gasteiger partial charge in [0.15, 0.2) is 0 Å². The van der Waals surface area contributed by atoms with Gasteiger partial charge in [0.1, 0.15) is 0 Å². The van der Waals surface area contributed by atoms with Crippen molar-refractivity contribution >= 4 is 23.5 Å². The molecule has 1 heterocycles. The predicted octanol–water partition coefficient (Wildman–Crippen LogP) is 0.792. The van der Waals surface area contributed by atoms with Gasteiger partial charge in [0.2, 0.25) is 0 Å². The van der Waals surface area contributed by atoms with Crippen LogP contribution >= 0.6 is 0 Å². The van der Waals surface area contributed by atoms with Crippen LogP contribution in [0.4, 0.5) is 0 Å². The Hall–Kier alpha value is -1.39. The lowest BCUT2D eigenvalue weighted by Gasteiger charge is -2.08. The Bertz CT molecular complexity index is 497. The quantitative estimate of drug-likeness (QED) is 0.725. The minimum atomic E-state index is -1.43. The molecule has 1 saturated carbocycles. The molecular weight excluding hydrogens is 201 g/mol. The zero-order valence-corrected chi connectivity index (χ0v) is 8.80. The first-order valence-electron chi connectivity index (χ1n) is 5.51. The molecule has 0 bridgehead atoms. The summed E-state index contributed by atoms with van der Waals surface area (Å²) in [6.45, 7) is 0. The van der Waals surface area contributed by atoms with Gasteiger partial charge < -0.3 is 10.0 Å². The van der Waals surface area contributed by atoms with Crippen LogP contribution in [-0.2, 0) is 0 Å². The maximum atomic E-state index is 9.29. The molecule has 3 nitrogen and oxygen atoms in total. The van der Waals surface area contributed by atoms with E-state index in [0.717, 1.165) is 10.9 Å². The van der Waals surface area contributed by atoms with Crippen LogP contribution in [0.2, 0.25) is 0 Å². The van der Waals surface area contributed by atoms with Gasteiger partial charge in [0.25, 0.3) is 0 Å². The van der Waals surface area contributed by atoms with Crippen LogP contribution in [0, 0.1) is 0 Å². The summed E-state index contributed by atoms with van der Waals surface area (Å²) >= 11 is 0. The zero-order valence-electron chi connectivity index (χ0n) is 8.80. The highest BCUT2D eigenvalue weighted by atomic mass is 16.4. The third-order valence-electron chi connectivity index (χ3n) is 3.13. The number of rotatable bonds is 2. The summed E-state index contributed by atoms with van der Waals surface area (Å²) in [4.78, 5) is 4.36. The number of benzene rings is 1. The smallest absolute Gasteiger partial charge is 0.423 e. The van der Waals surface area contributed by atoms with E-state index in [1.165, 1.54) is 18.4 Å². The molecular formula is C12H12BNO2. The van der Waals surface area contributed by atoms with Crippen molar-refractivity contribution in [2.45, 2.75) is 18.8 Å². The molecule has 1 aromatic carbocycles. The molecule has 1 fully saturated rings. The van der Waals surface area contributed by atoms with Crippen molar-refractivity contribution in [3.05, 3.63) is 36.0 Å². The molecule has 0 spiro atoms. The van der Waals surface area contributed by atoms with Crippen molar-refractivity contribution in [1.29, 1.82) is 0 Å². The van der Waals surface area contributed by atoms with Crippen LogP contribution in [0.15, 0.2) is 30.5 Å². The monoisotopic (exact) mass is 213 g/mol. The molecule has 80 valence electrons. The molecule has 0 aliphatic heterocycles. The molecule has 4 heteroatoms. The third-order valence-corrected chi connectivity index (χ3v) is 3.13. The standard InChI is InChI=1S/C12H12BNO2/c15-13(16)11-6-5-9(8-3-4-8)12-10(11)2-1-7-14-12/h1-2,5-8,15-16H,3-4H2. The van der Waals surface area contributed by atoms with Gasteiger partial charge in [-0.15, -0.1) is 0 Å². The third kappa shape index (κ3) is 1.51. The van der Waals surface area contributed by atoms with E-state index in [2.05, 4.69) is 4.98 Å². The van der Waals surface area contributed by atoms with Crippen molar-refractivity contribution in [3.8, 4) is 0 Å². The minimum Gasteiger partial charge on any atom is -0.423 e. The zero-order chi connectivity index (χ0) is 11.1. The number of aromatic nitrogens is 1. The lowest BCUT2D eigenvalue weighted by Crippen LogP contribution is -2.30. The molecule has 0 saturated heterocycles. The highest BCUT2D eigenvalue weighted by Gasteiger charge is 2.27. The van der Waals surface area contributed by atoms with Crippen molar-refractivity contribution < 1.29 is 10.0 Å².